The highest BCUT2D eigenvalue weighted by Gasteiger charge is 2.31. The van der Waals surface area contributed by atoms with Crippen molar-refractivity contribution in [3.05, 3.63) is 87.7 Å². The lowest BCUT2D eigenvalue weighted by molar-refractivity contribution is -0.137. The van der Waals surface area contributed by atoms with Crippen molar-refractivity contribution in [3.8, 4) is 17.6 Å². The van der Waals surface area contributed by atoms with Crippen molar-refractivity contribution < 1.29 is 23.7 Å². The van der Waals surface area contributed by atoms with Gasteiger partial charge < -0.3 is 24.8 Å². The van der Waals surface area contributed by atoms with Crippen LogP contribution >= 0.6 is 18.7 Å². The quantitative estimate of drug-likeness (QED) is 0.0437. The minimum atomic E-state index is -2.54. The minimum Gasteiger partial charge on any atom is -0.495 e. The van der Waals surface area contributed by atoms with Gasteiger partial charge in [-0.05, 0) is 94.2 Å². The normalized spacial score (nSPS) is 18.2. The standard InChI is InChI=1S/C49H63ClN9O5P/c1-7-36-29-42(53-34-52-31-40(50)48(51-2)54-41-13-8-9-14-46(41)65(5,6)63)45(64-4)30-44(36)59-22-19-39(20-23-59)58-26-24-57(25-27-58)21-11-10-12-35-15-16-37(33-60)38(28-35)32-56(3)43-17-18-47(61)55-49(43)62/h8-9,13-16,28-31,33,39,43,53-54H,2,7,11,17-27,32,34H2,1,3-6H3,(H,55,61,62)/b48-40-,52-31?. The van der Waals surface area contributed by atoms with Crippen molar-refractivity contribution in [2.45, 2.75) is 64.1 Å². The number of ether oxygens (including phenoxy) is 1. The third-order valence-electron chi connectivity index (χ3n) is 12.4. The number of hydrogen-bond acceptors (Lipinski definition) is 13. The molecule has 0 saturated carbocycles. The number of allylic oxidation sites excluding steroid dienone is 1. The number of aliphatic imine (C=N–C) groups is 2. The highest BCUT2D eigenvalue weighted by molar-refractivity contribution is 7.70. The Bertz CT molecular complexity index is 2370. The maximum atomic E-state index is 12.8. The van der Waals surface area contributed by atoms with Gasteiger partial charge in [0.15, 0.2) is 0 Å². The molecule has 3 aliphatic rings. The van der Waals surface area contributed by atoms with Gasteiger partial charge in [-0.1, -0.05) is 48.6 Å². The third kappa shape index (κ3) is 13.2. The van der Waals surface area contributed by atoms with Crippen LogP contribution in [0.5, 0.6) is 5.75 Å². The number of piperazine rings is 1. The molecule has 3 saturated heterocycles. The summed E-state index contributed by atoms with van der Waals surface area (Å²) in [6.45, 7) is 16.9. The van der Waals surface area contributed by atoms with Crippen molar-refractivity contribution in [1.82, 2.24) is 20.0 Å². The molecule has 0 aliphatic carbocycles. The van der Waals surface area contributed by atoms with Crippen molar-refractivity contribution in [2.24, 2.45) is 9.98 Å². The van der Waals surface area contributed by atoms with Gasteiger partial charge in [-0.2, -0.15) is 0 Å². The fourth-order valence-electron chi connectivity index (χ4n) is 8.79. The second-order valence-electron chi connectivity index (χ2n) is 17.1. The first kappa shape index (κ1) is 49.2. The number of amides is 2. The van der Waals surface area contributed by atoms with E-state index in [1.807, 2.05) is 48.3 Å². The molecule has 3 aliphatic heterocycles. The molecule has 16 heteroatoms. The summed E-state index contributed by atoms with van der Waals surface area (Å²) < 4.78 is 18.7. The fourth-order valence-corrected chi connectivity index (χ4v) is 10.1. The van der Waals surface area contributed by atoms with E-state index in [0.717, 1.165) is 100 Å². The third-order valence-corrected chi connectivity index (χ3v) is 14.2. The molecule has 3 N–H and O–H groups in total. The zero-order valence-electron chi connectivity index (χ0n) is 38.4. The Kier molecular flexibility index (Phi) is 17.6. The number of methoxy groups -OCH3 is 1. The van der Waals surface area contributed by atoms with Crippen molar-refractivity contribution in [2.75, 3.05) is 95.5 Å². The van der Waals surface area contributed by atoms with Gasteiger partial charge in [0, 0.05) is 106 Å². The average molecular weight is 925 g/mol. The first-order valence-electron chi connectivity index (χ1n) is 22.4. The van der Waals surface area contributed by atoms with E-state index in [9.17, 15) is 18.9 Å². The average Bonchev–Trinajstić information content (AvgIpc) is 3.30. The van der Waals surface area contributed by atoms with E-state index < -0.39 is 13.2 Å². The number of aryl methyl sites for hydroxylation is 1. The summed E-state index contributed by atoms with van der Waals surface area (Å²) in [6.07, 6.45) is 6.96. The zero-order chi connectivity index (χ0) is 46.5. The number of para-hydroxylation sites is 1. The lowest BCUT2D eigenvalue weighted by atomic mass is 9.99. The molecule has 1 unspecified atom stereocenters. The molecular formula is C49H63ClN9O5P. The molecule has 0 radical (unpaired) electrons. The number of aldehydes is 1. The Hall–Kier alpha value is -5.29. The highest BCUT2D eigenvalue weighted by atomic mass is 35.5. The van der Waals surface area contributed by atoms with Gasteiger partial charge in [0.2, 0.25) is 11.8 Å². The topological polar surface area (TPSA) is 151 Å². The van der Waals surface area contributed by atoms with Crippen LogP contribution in [0.15, 0.2) is 75.4 Å². The van der Waals surface area contributed by atoms with Crippen molar-refractivity contribution in [1.29, 1.82) is 0 Å². The summed E-state index contributed by atoms with van der Waals surface area (Å²) >= 11 is 6.58. The van der Waals surface area contributed by atoms with Crippen LogP contribution in [0.4, 0.5) is 17.1 Å². The summed E-state index contributed by atoms with van der Waals surface area (Å²) in [6, 6.07) is 17.4. The number of carbonyl (C=O) groups excluding carboxylic acids is 3. The lowest BCUT2D eigenvalue weighted by Gasteiger charge is -2.43. The van der Waals surface area contributed by atoms with Crippen LogP contribution in [0.25, 0.3) is 0 Å². The Morgan fingerprint density at radius 3 is 2.46 bits per heavy atom. The van der Waals surface area contributed by atoms with Crippen molar-refractivity contribution in [3.63, 3.8) is 0 Å². The van der Waals surface area contributed by atoms with E-state index in [1.54, 1.807) is 26.5 Å². The van der Waals surface area contributed by atoms with Gasteiger partial charge in [0.05, 0.1) is 24.5 Å². The first-order chi connectivity index (χ1) is 31.3. The molecule has 1 atom stereocenters. The molecule has 0 aromatic heterocycles. The van der Waals surface area contributed by atoms with Crippen LogP contribution in [0.3, 0.4) is 0 Å². The van der Waals surface area contributed by atoms with Gasteiger partial charge in [0.25, 0.3) is 0 Å². The van der Waals surface area contributed by atoms with Gasteiger partial charge >= 0.3 is 0 Å². The van der Waals surface area contributed by atoms with Gasteiger partial charge in [-0.25, -0.2) is 4.99 Å². The number of piperidine rings is 2. The SMILES string of the molecule is C=N/C(Nc1ccccc1P(C)(C)=O)=C(/Cl)C=NCNc1cc(CC)c(N2CCC(N3CCN(CCC#Cc4ccc(C=O)c(CN(C)C5CCC(=O)NC5=O)c4)CC3)CC2)cc1OC. The molecule has 346 valence electrons. The number of nitrogens with one attached hydrogen (secondary N) is 3. The Morgan fingerprint density at radius 1 is 1.03 bits per heavy atom. The Balaban J connectivity index is 0.957. The number of hydrogen-bond donors (Lipinski definition) is 3. The van der Waals surface area contributed by atoms with Gasteiger partial charge in [-0.3, -0.25) is 39.4 Å². The monoisotopic (exact) mass is 923 g/mol. The summed E-state index contributed by atoms with van der Waals surface area (Å²) in [5, 5.41) is 9.94. The first-order valence-corrected chi connectivity index (χ1v) is 25.3. The molecular weight excluding hydrogens is 861 g/mol. The smallest absolute Gasteiger partial charge is 0.243 e. The maximum Gasteiger partial charge on any atom is 0.243 e. The van der Waals surface area contributed by atoms with Crippen LogP contribution in [0.1, 0.15) is 66.1 Å². The van der Waals surface area contributed by atoms with Crippen LogP contribution in [0.2, 0.25) is 0 Å². The zero-order valence-corrected chi connectivity index (χ0v) is 40.0. The molecule has 2 amide bonds. The predicted octanol–water partition coefficient (Wildman–Crippen LogP) is 6.24. The maximum absolute atomic E-state index is 12.8. The van der Waals surface area contributed by atoms with E-state index in [0.29, 0.717) is 47.8 Å². The van der Waals surface area contributed by atoms with Crippen molar-refractivity contribution >= 4 is 72.1 Å². The Labute approximate surface area is 389 Å². The molecule has 3 aromatic rings. The van der Waals surface area contributed by atoms with E-state index in [2.05, 4.69) is 78.2 Å². The van der Waals surface area contributed by atoms with Crippen LogP contribution in [-0.2, 0) is 27.1 Å². The summed E-state index contributed by atoms with van der Waals surface area (Å²) in [5.41, 5.74) is 6.20. The minimum absolute atomic E-state index is 0.245. The number of anilines is 3. The number of halogens is 1. The number of likely N-dealkylation sites (N-methyl/N-ethyl adjacent to an activating group) is 1. The molecule has 3 heterocycles. The van der Waals surface area contributed by atoms with E-state index >= 15 is 0 Å². The fraction of sp³-hybridized carbons (Fsp3) is 0.449. The largest absolute Gasteiger partial charge is 0.495 e. The Morgan fingerprint density at radius 2 is 1.78 bits per heavy atom. The van der Waals surface area contributed by atoms with Crippen LogP contribution in [0, 0.1) is 11.8 Å². The molecule has 0 bridgehead atoms. The predicted molar refractivity (Wildman–Crippen MR) is 265 cm³/mol. The van der Waals surface area contributed by atoms with E-state index in [4.69, 9.17) is 16.3 Å². The van der Waals surface area contributed by atoms with Gasteiger partial charge in [0.1, 0.15) is 36.7 Å². The van der Waals surface area contributed by atoms with E-state index in [1.165, 1.54) is 17.5 Å². The molecule has 14 nitrogen and oxygen atoms in total. The lowest BCUT2D eigenvalue weighted by Crippen LogP contribution is -2.53. The van der Waals surface area contributed by atoms with E-state index in [-0.39, 0.29) is 23.5 Å². The number of benzene rings is 3. The number of nitrogens with zero attached hydrogens (tertiary/aromatic N) is 6. The second-order valence-corrected chi connectivity index (χ2v) is 20.7. The van der Waals surface area contributed by atoms with Crippen LogP contribution < -0.4 is 30.9 Å². The van der Waals surface area contributed by atoms with Crippen LogP contribution in [-0.4, -0.2) is 138 Å². The summed E-state index contributed by atoms with van der Waals surface area (Å²) in [5.74, 6) is 7.16. The number of carbonyl (C=O) groups is 3. The van der Waals surface area contributed by atoms with Gasteiger partial charge in [-0.15, -0.1) is 0 Å². The second kappa shape index (κ2) is 23.2. The number of imide groups is 1. The summed E-state index contributed by atoms with van der Waals surface area (Å²) in [4.78, 5) is 53.9. The summed E-state index contributed by atoms with van der Waals surface area (Å²) in [7, 11) is 0.985. The molecule has 3 aromatic carbocycles. The molecule has 6 rings (SSSR count). The molecule has 0 spiro atoms. The molecule has 3 fully saturated rings. The highest BCUT2D eigenvalue weighted by Crippen LogP contribution is 2.38. The number of rotatable bonds is 18. The molecule has 65 heavy (non-hydrogen) atoms.